The molecule has 1 amide bonds. The molecule has 23 heavy (non-hydrogen) atoms. The molecule has 124 valence electrons. The summed E-state index contributed by atoms with van der Waals surface area (Å²) < 4.78 is 10.2. The van der Waals surface area contributed by atoms with Crippen molar-refractivity contribution in [2.45, 2.75) is 44.8 Å². The van der Waals surface area contributed by atoms with Gasteiger partial charge in [-0.05, 0) is 25.3 Å². The second-order valence-corrected chi connectivity index (χ2v) is 5.53. The molecule has 6 nitrogen and oxygen atoms in total. The number of ketones is 1. The van der Waals surface area contributed by atoms with E-state index < -0.39 is 17.6 Å². The van der Waals surface area contributed by atoms with Crippen LogP contribution in [0.4, 0.5) is 4.79 Å². The summed E-state index contributed by atoms with van der Waals surface area (Å²) >= 11 is 0. The number of carbonyl (C=O) groups excluding carboxylic acids is 3. The topological polar surface area (TPSA) is 81.7 Å². The zero-order valence-corrected chi connectivity index (χ0v) is 13.2. The van der Waals surface area contributed by atoms with Crippen molar-refractivity contribution in [3.63, 3.8) is 0 Å². The molecule has 2 rings (SSSR count). The molecule has 1 aromatic rings. The molecule has 1 fully saturated rings. The molecule has 1 aromatic carbocycles. The number of carbonyl (C=O) groups is 3. The predicted octanol–water partition coefficient (Wildman–Crippen LogP) is 2.36. The molecule has 0 heterocycles. The van der Waals surface area contributed by atoms with E-state index in [1.807, 2.05) is 30.3 Å². The SMILES string of the molecule is CCOC(=O)C1(NC(=O)OCc2ccccc2)CCC(=O)CC1. The predicted molar refractivity (Wildman–Crippen MR) is 82.6 cm³/mol. The van der Waals surface area contributed by atoms with Gasteiger partial charge in [0.05, 0.1) is 6.61 Å². The van der Waals surface area contributed by atoms with Crippen molar-refractivity contribution in [2.24, 2.45) is 0 Å². The Labute approximate surface area is 135 Å². The average molecular weight is 319 g/mol. The standard InChI is InChI=1S/C17H21NO5/c1-2-22-15(20)17(10-8-14(19)9-11-17)18-16(21)23-12-13-6-4-3-5-7-13/h3-7H,2,8-12H2,1H3,(H,18,21). The Morgan fingerprint density at radius 3 is 2.39 bits per heavy atom. The zero-order valence-electron chi connectivity index (χ0n) is 13.2. The van der Waals surface area contributed by atoms with Crippen molar-refractivity contribution in [1.82, 2.24) is 5.32 Å². The molecular weight excluding hydrogens is 298 g/mol. The maximum atomic E-state index is 12.2. The Balaban J connectivity index is 1.98. The van der Waals surface area contributed by atoms with Crippen LogP contribution < -0.4 is 5.32 Å². The van der Waals surface area contributed by atoms with E-state index in [0.717, 1.165) is 5.56 Å². The number of hydrogen-bond donors (Lipinski definition) is 1. The highest BCUT2D eigenvalue weighted by atomic mass is 16.6. The van der Waals surface area contributed by atoms with Gasteiger partial charge in [0.25, 0.3) is 0 Å². The van der Waals surface area contributed by atoms with Crippen LogP contribution in [-0.4, -0.2) is 30.0 Å². The first-order chi connectivity index (χ1) is 11.1. The van der Waals surface area contributed by atoms with Crippen molar-refractivity contribution in [1.29, 1.82) is 0 Å². The van der Waals surface area contributed by atoms with E-state index >= 15 is 0 Å². The minimum absolute atomic E-state index is 0.0874. The van der Waals surface area contributed by atoms with Gasteiger partial charge in [-0.2, -0.15) is 0 Å². The van der Waals surface area contributed by atoms with Crippen LogP contribution in [0.2, 0.25) is 0 Å². The minimum Gasteiger partial charge on any atom is -0.464 e. The van der Waals surface area contributed by atoms with Gasteiger partial charge in [0.1, 0.15) is 17.9 Å². The maximum absolute atomic E-state index is 12.2. The molecule has 1 aliphatic carbocycles. The summed E-state index contributed by atoms with van der Waals surface area (Å²) in [6.07, 6.45) is 0.294. The molecule has 0 atom stereocenters. The summed E-state index contributed by atoms with van der Waals surface area (Å²) in [7, 11) is 0. The first-order valence-electron chi connectivity index (χ1n) is 7.73. The summed E-state index contributed by atoms with van der Waals surface area (Å²) in [5.41, 5.74) is -0.316. The van der Waals surface area contributed by atoms with Gasteiger partial charge in [0.2, 0.25) is 0 Å². The van der Waals surface area contributed by atoms with Gasteiger partial charge in [-0.25, -0.2) is 9.59 Å². The number of benzene rings is 1. The van der Waals surface area contributed by atoms with Crippen LogP contribution in [0.3, 0.4) is 0 Å². The Bertz CT molecular complexity index is 560. The van der Waals surface area contributed by atoms with Gasteiger partial charge in [-0.15, -0.1) is 0 Å². The summed E-state index contributed by atoms with van der Waals surface area (Å²) in [4.78, 5) is 35.7. The second-order valence-electron chi connectivity index (χ2n) is 5.53. The van der Waals surface area contributed by atoms with Crippen molar-refractivity contribution in [2.75, 3.05) is 6.61 Å². The molecule has 6 heteroatoms. The summed E-state index contributed by atoms with van der Waals surface area (Å²) in [5, 5.41) is 2.62. The van der Waals surface area contributed by atoms with Crippen molar-refractivity contribution in [3.8, 4) is 0 Å². The molecular formula is C17H21NO5. The monoisotopic (exact) mass is 319 g/mol. The van der Waals surface area contributed by atoms with Gasteiger partial charge in [-0.3, -0.25) is 4.79 Å². The zero-order chi connectivity index (χ0) is 16.7. The van der Waals surface area contributed by atoms with E-state index in [0.29, 0.717) is 0 Å². The normalized spacial score (nSPS) is 16.5. The van der Waals surface area contributed by atoms with Crippen molar-refractivity contribution < 1.29 is 23.9 Å². The number of hydrogen-bond acceptors (Lipinski definition) is 5. The Hall–Kier alpha value is -2.37. The molecule has 1 saturated carbocycles. The number of esters is 1. The molecule has 1 N–H and O–H groups in total. The van der Waals surface area contributed by atoms with Crippen molar-refractivity contribution >= 4 is 17.8 Å². The lowest BCUT2D eigenvalue weighted by molar-refractivity contribution is -0.153. The highest BCUT2D eigenvalue weighted by Gasteiger charge is 2.44. The van der Waals surface area contributed by atoms with E-state index in [1.165, 1.54) is 0 Å². The third-order valence-corrected chi connectivity index (χ3v) is 3.88. The highest BCUT2D eigenvalue weighted by Crippen LogP contribution is 2.28. The smallest absolute Gasteiger partial charge is 0.408 e. The van der Waals surface area contributed by atoms with Crippen LogP contribution in [0.5, 0.6) is 0 Å². The van der Waals surface area contributed by atoms with Crippen molar-refractivity contribution in [3.05, 3.63) is 35.9 Å². The highest BCUT2D eigenvalue weighted by molar-refractivity contribution is 5.89. The fraction of sp³-hybridized carbons (Fsp3) is 0.471. The number of amides is 1. The number of ether oxygens (including phenoxy) is 2. The molecule has 0 saturated heterocycles. The fourth-order valence-electron chi connectivity index (χ4n) is 2.56. The van der Waals surface area contributed by atoms with Gasteiger partial charge in [0.15, 0.2) is 0 Å². The first-order valence-corrected chi connectivity index (χ1v) is 7.73. The second kappa shape index (κ2) is 7.76. The average Bonchev–Trinajstić information content (AvgIpc) is 2.56. The number of rotatable bonds is 5. The molecule has 0 bridgehead atoms. The largest absolute Gasteiger partial charge is 0.464 e. The number of nitrogens with one attached hydrogen (secondary N) is 1. The van der Waals surface area contributed by atoms with Crippen LogP contribution in [0, 0.1) is 0 Å². The lowest BCUT2D eigenvalue weighted by Gasteiger charge is -2.34. The van der Waals surface area contributed by atoms with Gasteiger partial charge in [0, 0.05) is 12.8 Å². The van der Waals surface area contributed by atoms with E-state index in [9.17, 15) is 14.4 Å². The Kier molecular flexibility index (Phi) is 5.73. The van der Waals surface area contributed by atoms with Gasteiger partial charge < -0.3 is 14.8 Å². The lowest BCUT2D eigenvalue weighted by Crippen LogP contribution is -2.57. The molecule has 0 aromatic heterocycles. The third kappa shape index (κ3) is 4.55. The van der Waals surface area contributed by atoms with Gasteiger partial charge >= 0.3 is 12.1 Å². The number of Topliss-reactive ketones (excluding diaryl/α,β-unsaturated/α-hetero) is 1. The van der Waals surface area contributed by atoms with E-state index in [4.69, 9.17) is 9.47 Å². The van der Waals surface area contributed by atoms with E-state index in [2.05, 4.69) is 5.32 Å². The quantitative estimate of drug-likeness (QED) is 0.843. The van der Waals surface area contributed by atoms with Crippen LogP contribution in [0.15, 0.2) is 30.3 Å². The molecule has 0 radical (unpaired) electrons. The summed E-state index contributed by atoms with van der Waals surface area (Å²) in [5.74, 6) is -0.423. The molecule has 0 spiro atoms. The maximum Gasteiger partial charge on any atom is 0.408 e. The van der Waals surface area contributed by atoms with Crippen LogP contribution in [0.1, 0.15) is 38.2 Å². The first kappa shape index (κ1) is 17.0. The molecule has 0 aliphatic heterocycles. The van der Waals surface area contributed by atoms with E-state index in [1.54, 1.807) is 6.92 Å². The minimum atomic E-state index is -1.17. The van der Waals surface area contributed by atoms with Crippen LogP contribution in [-0.2, 0) is 25.7 Å². The van der Waals surface area contributed by atoms with Crippen LogP contribution >= 0.6 is 0 Å². The molecule has 0 unspecified atom stereocenters. The van der Waals surface area contributed by atoms with E-state index in [-0.39, 0.29) is 44.7 Å². The summed E-state index contributed by atoms with van der Waals surface area (Å²) in [6, 6.07) is 9.26. The summed E-state index contributed by atoms with van der Waals surface area (Å²) in [6.45, 7) is 2.03. The van der Waals surface area contributed by atoms with Crippen LogP contribution in [0.25, 0.3) is 0 Å². The Morgan fingerprint density at radius 2 is 1.78 bits per heavy atom. The Morgan fingerprint density at radius 1 is 1.13 bits per heavy atom. The number of alkyl carbamates (subject to hydrolysis) is 1. The third-order valence-electron chi connectivity index (χ3n) is 3.88. The fourth-order valence-corrected chi connectivity index (χ4v) is 2.56. The lowest BCUT2D eigenvalue weighted by atomic mass is 9.81. The van der Waals surface area contributed by atoms with Gasteiger partial charge in [-0.1, -0.05) is 30.3 Å². The molecule has 1 aliphatic rings.